The highest BCUT2D eigenvalue weighted by Crippen LogP contribution is 2.12. The summed E-state index contributed by atoms with van der Waals surface area (Å²) in [6.07, 6.45) is 1.81. The highest BCUT2D eigenvalue weighted by Gasteiger charge is 2.17. The van der Waals surface area contributed by atoms with Crippen molar-refractivity contribution in [3.05, 3.63) is 29.8 Å². The molecular weight excluding hydrogens is 284 g/mol. The molecule has 5 nitrogen and oxygen atoms in total. The minimum absolute atomic E-state index is 0.136. The van der Waals surface area contributed by atoms with Crippen molar-refractivity contribution >= 4 is 20.8 Å². The standard InChI is InChI=1S/C12H18N2O3S2/c13-19(16,17)12-3-1-2-10(8-12)9-14-11-4-6-18(15)7-5-11/h1-3,8,11,14H,4-7,9H2,(H2,13,16,17). The Balaban J connectivity index is 1.95. The predicted octanol–water partition coefficient (Wildman–Crippen LogP) is 0.335. The molecule has 0 amide bonds. The lowest BCUT2D eigenvalue weighted by atomic mass is 10.1. The molecule has 1 fully saturated rings. The van der Waals surface area contributed by atoms with Crippen molar-refractivity contribution in [1.29, 1.82) is 0 Å². The number of benzene rings is 1. The first-order valence-electron chi connectivity index (χ1n) is 6.15. The minimum atomic E-state index is -3.64. The summed E-state index contributed by atoms with van der Waals surface area (Å²) in [6, 6.07) is 6.98. The lowest BCUT2D eigenvalue weighted by Crippen LogP contribution is -2.35. The molecule has 0 unspecified atom stereocenters. The second kappa shape index (κ2) is 6.13. The van der Waals surface area contributed by atoms with E-state index in [1.165, 1.54) is 6.07 Å². The van der Waals surface area contributed by atoms with Gasteiger partial charge in [-0.3, -0.25) is 4.21 Å². The third-order valence-corrected chi connectivity index (χ3v) is 5.50. The van der Waals surface area contributed by atoms with E-state index in [9.17, 15) is 12.6 Å². The van der Waals surface area contributed by atoms with Crippen molar-refractivity contribution in [2.45, 2.75) is 30.3 Å². The minimum Gasteiger partial charge on any atom is -0.310 e. The van der Waals surface area contributed by atoms with Crippen LogP contribution in [0.2, 0.25) is 0 Å². The quantitative estimate of drug-likeness (QED) is 0.839. The van der Waals surface area contributed by atoms with Crippen molar-refractivity contribution < 1.29 is 12.6 Å². The van der Waals surface area contributed by atoms with Gasteiger partial charge in [-0.05, 0) is 30.5 Å². The molecule has 3 N–H and O–H groups in total. The summed E-state index contributed by atoms with van der Waals surface area (Å²) >= 11 is 0. The van der Waals surface area contributed by atoms with Crippen LogP contribution in [0.25, 0.3) is 0 Å². The van der Waals surface area contributed by atoms with E-state index in [0.29, 0.717) is 12.6 Å². The average Bonchev–Trinajstić information content (AvgIpc) is 2.37. The van der Waals surface area contributed by atoms with Gasteiger partial charge in [0.1, 0.15) is 0 Å². The van der Waals surface area contributed by atoms with E-state index >= 15 is 0 Å². The van der Waals surface area contributed by atoms with Gasteiger partial charge in [-0.2, -0.15) is 0 Å². The smallest absolute Gasteiger partial charge is 0.238 e. The first kappa shape index (κ1) is 14.6. The molecule has 0 spiro atoms. The van der Waals surface area contributed by atoms with Gasteiger partial charge in [0.25, 0.3) is 0 Å². The van der Waals surface area contributed by atoms with Crippen molar-refractivity contribution in [2.75, 3.05) is 11.5 Å². The summed E-state index contributed by atoms with van der Waals surface area (Å²) in [6.45, 7) is 0.598. The van der Waals surface area contributed by atoms with Crippen LogP contribution in [0.5, 0.6) is 0 Å². The molecule has 1 aliphatic heterocycles. The van der Waals surface area contributed by atoms with Crippen LogP contribution in [-0.4, -0.2) is 30.2 Å². The zero-order valence-electron chi connectivity index (χ0n) is 10.5. The van der Waals surface area contributed by atoms with Crippen LogP contribution in [0.1, 0.15) is 18.4 Å². The molecule has 1 aromatic carbocycles. The summed E-state index contributed by atoms with van der Waals surface area (Å²) in [5, 5.41) is 8.46. The first-order valence-corrected chi connectivity index (χ1v) is 9.19. The van der Waals surface area contributed by atoms with Gasteiger partial charge < -0.3 is 5.32 Å². The number of nitrogens with two attached hydrogens (primary N) is 1. The van der Waals surface area contributed by atoms with Gasteiger partial charge in [0.05, 0.1) is 4.90 Å². The molecule has 1 saturated heterocycles. The van der Waals surface area contributed by atoms with Crippen LogP contribution in [-0.2, 0) is 27.4 Å². The third kappa shape index (κ3) is 4.38. The van der Waals surface area contributed by atoms with Crippen molar-refractivity contribution in [3.8, 4) is 0 Å². The number of rotatable bonds is 4. The zero-order valence-corrected chi connectivity index (χ0v) is 12.2. The number of nitrogens with one attached hydrogen (secondary N) is 1. The largest absolute Gasteiger partial charge is 0.310 e. The van der Waals surface area contributed by atoms with Gasteiger partial charge >= 0.3 is 0 Å². The Kier molecular flexibility index (Phi) is 4.72. The van der Waals surface area contributed by atoms with Gasteiger partial charge in [-0.15, -0.1) is 0 Å². The lowest BCUT2D eigenvalue weighted by Gasteiger charge is -2.22. The molecule has 1 aromatic rings. The van der Waals surface area contributed by atoms with E-state index in [1.807, 2.05) is 6.07 Å². The second-order valence-corrected chi connectivity index (χ2v) is 7.95. The van der Waals surface area contributed by atoms with Crippen LogP contribution < -0.4 is 10.5 Å². The molecule has 2 rings (SSSR count). The molecule has 0 saturated carbocycles. The summed E-state index contributed by atoms with van der Waals surface area (Å²) in [4.78, 5) is 0.136. The van der Waals surface area contributed by atoms with Gasteiger partial charge in [0, 0.05) is 34.9 Å². The monoisotopic (exact) mass is 302 g/mol. The summed E-state index contributed by atoms with van der Waals surface area (Å²) < 4.78 is 33.7. The van der Waals surface area contributed by atoms with Gasteiger partial charge in [-0.1, -0.05) is 12.1 Å². The second-order valence-electron chi connectivity index (χ2n) is 4.70. The molecule has 0 atom stereocenters. The van der Waals surface area contributed by atoms with Crippen LogP contribution >= 0.6 is 0 Å². The van der Waals surface area contributed by atoms with Crippen LogP contribution in [0, 0.1) is 0 Å². The van der Waals surface area contributed by atoms with Crippen LogP contribution in [0.3, 0.4) is 0 Å². The summed E-state index contributed by atoms with van der Waals surface area (Å²) in [5.74, 6) is 1.49. The molecule has 0 aliphatic carbocycles. The highest BCUT2D eigenvalue weighted by molar-refractivity contribution is 7.89. The number of sulfonamides is 1. The van der Waals surface area contributed by atoms with Crippen LogP contribution in [0.4, 0.5) is 0 Å². The number of primary sulfonamides is 1. The Morgan fingerprint density at radius 3 is 2.63 bits per heavy atom. The van der Waals surface area contributed by atoms with Crippen molar-refractivity contribution in [1.82, 2.24) is 5.32 Å². The zero-order chi connectivity index (χ0) is 13.9. The maximum Gasteiger partial charge on any atom is 0.238 e. The van der Waals surface area contributed by atoms with E-state index in [1.54, 1.807) is 12.1 Å². The van der Waals surface area contributed by atoms with E-state index in [-0.39, 0.29) is 4.90 Å². The van der Waals surface area contributed by atoms with E-state index in [4.69, 9.17) is 5.14 Å². The molecule has 0 bridgehead atoms. The summed E-state index contributed by atoms with van der Waals surface area (Å²) in [7, 11) is -4.30. The molecule has 7 heteroatoms. The van der Waals surface area contributed by atoms with Gasteiger partial charge in [-0.25, -0.2) is 13.6 Å². The molecular formula is C12H18N2O3S2. The first-order chi connectivity index (χ1) is 8.95. The maximum atomic E-state index is 11.3. The van der Waals surface area contributed by atoms with E-state index in [0.717, 1.165) is 29.9 Å². The number of hydrogen-bond acceptors (Lipinski definition) is 4. The van der Waals surface area contributed by atoms with Crippen molar-refractivity contribution in [3.63, 3.8) is 0 Å². The highest BCUT2D eigenvalue weighted by atomic mass is 32.2. The Bertz CT molecular complexity index is 562. The fraction of sp³-hybridized carbons (Fsp3) is 0.500. The maximum absolute atomic E-state index is 11.3. The fourth-order valence-corrected chi connectivity index (χ4v) is 3.98. The predicted molar refractivity (Wildman–Crippen MR) is 75.6 cm³/mol. The third-order valence-electron chi connectivity index (χ3n) is 3.21. The Morgan fingerprint density at radius 1 is 1.32 bits per heavy atom. The Morgan fingerprint density at radius 2 is 2.00 bits per heavy atom. The van der Waals surface area contributed by atoms with Crippen molar-refractivity contribution in [2.24, 2.45) is 5.14 Å². The summed E-state index contributed by atoms with van der Waals surface area (Å²) in [5.41, 5.74) is 0.887. The SMILES string of the molecule is NS(=O)(=O)c1cccc(CNC2CCS(=O)CC2)c1. The molecule has 106 valence electrons. The normalized spacial score (nSPS) is 24.3. The van der Waals surface area contributed by atoms with Gasteiger partial charge in [0.2, 0.25) is 10.0 Å². The molecule has 1 heterocycles. The van der Waals surface area contributed by atoms with Crippen LogP contribution in [0.15, 0.2) is 29.2 Å². The molecule has 1 aliphatic rings. The average molecular weight is 302 g/mol. The van der Waals surface area contributed by atoms with E-state index < -0.39 is 20.8 Å². The number of hydrogen-bond donors (Lipinski definition) is 2. The lowest BCUT2D eigenvalue weighted by molar-refractivity contribution is 0.475. The topological polar surface area (TPSA) is 89.3 Å². The van der Waals surface area contributed by atoms with E-state index in [2.05, 4.69) is 5.32 Å². The molecule has 0 aromatic heterocycles. The fourth-order valence-electron chi connectivity index (χ4n) is 2.09. The molecule has 0 radical (unpaired) electrons. The van der Waals surface area contributed by atoms with Gasteiger partial charge in [0.15, 0.2) is 0 Å². The Hall–Kier alpha value is -0.760. The Labute approximate surface area is 116 Å². The molecule has 19 heavy (non-hydrogen) atoms.